The number of aliphatic hydroxyl groups excluding tert-OH is 4. The number of aliphatic hydroxyl groups is 4. The van der Waals surface area contributed by atoms with E-state index in [4.69, 9.17) is 20.4 Å². The number of esters is 2. The zero-order chi connectivity index (χ0) is 22.0. The molecule has 0 aliphatic carbocycles. The van der Waals surface area contributed by atoms with Gasteiger partial charge in [-0.2, -0.15) is 0 Å². The van der Waals surface area contributed by atoms with Crippen molar-refractivity contribution in [2.45, 2.75) is 92.0 Å². The minimum atomic E-state index is -1.26. The van der Waals surface area contributed by atoms with Gasteiger partial charge in [-0.15, -0.1) is 0 Å². The molecular formula is C18H38O8Ti. The maximum absolute atomic E-state index is 10.4. The Balaban J connectivity index is -0.0000000843. The Kier molecular flexibility index (Phi) is 32.5. The van der Waals surface area contributed by atoms with Gasteiger partial charge in [-0.05, 0) is 55.4 Å². The molecular weight excluding hydrogens is 392 g/mol. The minimum Gasteiger partial charge on any atom is -0.463 e. The van der Waals surface area contributed by atoms with Gasteiger partial charge >= 0.3 is 33.7 Å². The fourth-order valence-electron chi connectivity index (χ4n) is 0.622. The topological polar surface area (TPSA) is 134 Å². The molecule has 0 aromatic heterocycles. The van der Waals surface area contributed by atoms with Crippen LogP contribution in [0.4, 0.5) is 0 Å². The van der Waals surface area contributed by atoms with Gasteiger partial charge in [0.15, 0.2) is 0 Å². The number of hydrogen-bond acceptors (Lipinski definition) is 8. The van der Waals surface area contributed by atoms with E-state index in [9.17, 15) is 9.59 Å². The second-order valence-electron chi connectivity index (χ2n) is 6.19. The van der Waals surface area contributed by atoms with Crippen molar-refractivity contribution in [3.05, 3.63) is 13.8 Å². The molecule has 0 radical (unpaired) electrons. The van der Waals surface area contributed by atoms with Crippen LogP contribution in [0.5, 0.6) is 0 Å². The third-order valence-electron chi connectivity index (χ3n) is 1.25. The molecule has 27 heavy (non-hydrogen) atoms. The average molecular weight is 430 g/mol. The molecule has 0 spiro atoms. The van der Waals surface area contributed by atoms with E-state index in [1.54, 1.807) is 55.4 Å². The molecule has 0 aliphatic heterocycles. The minimum absolute atomic E-state index is 0. The largest absolute Gasteiger partial charge is 2.00 e. The number of carbonyl (C=O) groups excluding carboxylic acids is 2. The van der Waals surface area contributed by atoms with Crippen LogP contribution in [-0.2, 0) is 40.8 Å². The van der Waals surface area contributed by atoms with Gasteiger partial charge in [0.2, 0.25) is 0 Å². The number of rotatable bonds is 4. The van der Waals surface area contributed by atoms with Gasteiger partial charge in [0.05, 0.1) is 12.2 Å². The first-order chi connectivity index (χ1) is 11.5. The molecule has 0 saturated carbocycles. The predicted octanol–water partition coefficient (Wildman–Crippen LogP) is 1.04. The molecule has 9 heteroatoms. The van der Waals surface area contributed by atoms with Crippen molar-refractivity contribution in [3.8, 4) is 0 Å². The summed E-state index contributed by atoms with van der Waals surface area (Å²) < 4.78 is 9.12. The zero-order valence-electron chi connectivity index (χ0n) is 17.8. The molecule has 2 unspecified atom stereocenters. The van der Waals surface area contributed by atoms with Crippen molar-refractivity contribution < 1.29 is 61.2 Å². The standard InChI is InChI=1S/2C6H11O3.2C3H8O.Ti/c2*1-4(2)9-6(8)5(3)7;2*1-3(2)4;/h2*4-5,7H,3H2,1-2H3;2*3-4H,1-2H3;/q2*-1;;;+2. The van der Waals surface area contributed by atoms with Crippen molar-refractivity contribution in [2.24, 2.45) is 0 Å². The van der Waals surface area contributed by atoms with E-state index in [-0.39, 0.29) is 46.1 Å². The summed E-state index contributed by atoms with van der Waals surface area (Å²) in [7, 11) is 0. The Labute approximate surface area is 179 Å². The van der Waals surface area contributed by atoms with Crippen molar-refractivity contribution in [3.63, 3.8) is 0 Å². The molecule has 0 bridgehead atoms. The zero-order valence-corrected chi connectivity index (χ0v) is 19.4. The monoisotopic (exact) mass is 430 g/mol. The van der Waals surface area contributed by atoms with Gasteiger partial charge in [-0.25, -0.2) is 0 Å². The van der Waals surface area contributed by atoms with Crippen LogP contribution in [0.25, 0.3) is 0 Å². The summed E-state index contributed by atoms with van der Waals surface area (Å²) in [5, 5.41) is 33.1. The maximum atomic E-state index is 10.4. The first-order valence-electron chi connectivity index (χ1n) is 8.33. The molecule has 4 N–H and O–H groups in total. The third kappa shape index (κ3) is 58.6. The van der Waals surface area contributed by atoms with Crippen LogP contribution < -0.4 is 0 Å². The molecule has 0 fully saturated rings. The molecule has 0 rings (SSSR count). The molecule has 0 aliphatic rings. The second-order valence-corrected chi connectivity index (χ2v) is 6.19. The fourth-order valence-corrected chi connectivity index (χ4v) is 0.622. The van der Waals surface area contributed by atoms with Crippen molar-refractivity contribution in [2.75, 3.05) is 0 Å². The molecule has 162 valence electrons. The Morgan fingerprint density at radius 2 is 0.778 bits per heavy atom. The second kappa shape index (κ2) is 23.5. The van der Waals surface area contributed by atoms with Crippen molar-refractivity contribution in [1.82, 2.24) is 0 Å². The molecule has 0 amide bonds. The van der Waals surface area contributed by atoms with E-state index < -0.39 is 24.1 Å². The van der Waals surface area contributed by atoms with Gasteiger partial charge in [-0.3, -0.25) is 9.59 Å². The first kappa shape index (κ1) is 37.3. The van der Waals surface area contributed by atoms with Crippen LogP contribution in [0, 0.1) is 13.8 Å². The van der Waals surface area contributed by atoms with Gasteiger partial charge < -0.3 is 43.7 Å². The summed E-state index contributed by atoms with van der Waals surface area (Å²) in [6, 6.07) is 0. The van der Waals surface area contributed by atoms with E-state index in [0.717, 1.165) is 0 Å². The predicted molar refractivity (Wildman–Crippen MR) is 99.9 cm³/mol. The van der Waals surface area contributed by atoms with Crippen LogP contribution in [0.1, 0.15) is 55.4 Å². The SMILES string of the molecule is CC(C)O.CC(C)O.[CH2-]C(O)C(=O)OC(C)C.[CH2-]C(O)C(=O)OC(C)C.[Ti+2]. The van der Waals surface area contributed by atoms with E-state index in [1.165, 1.54) is 0 Å². The fraction of sp³-hybridized carbons (Fsp3) is 0.778. The summed E-state index contributed by atoms with van der Waals surface area (Å²) in [6.07, 6.45) is -3.22. The van der Waals surface area contributed by atoms with Gasteiger partial charge in [0.25, 0.3) is 0 Å². The molecule has 0 aromatic carbocycles. The summed E-state index contributed by atoms with van der Waals surface area (Å²) >= 11 is 0. The van der Waals surface area contributed by atoms with E-state index >= 15 is 0 Å². The van der Waals surface area contributed by atoms with Crippen LogP contribution in [0.15, 0.2) is 0 Å². The van der Waals surface area contributed by atoms with E-state index in [2.05, 4.69) is 23.3 Å². The van der Waals surface area contributed by atoms with Crippen molar-refractivity contribution in [1.29, 1.82) is 0 Å². The van der Waals surface area contributed by atoms with Crippen LogP contribution in [0.2, 0.25) is 0 Å². The number of carbonyl (C=O) groups is 2. The molecule has 8 nitrogen and oxygen atoms in total. The summed E-state index contributed by atoms with van der Waals surface area (Å²) in [5.41, 5.74) is 0. The normalized spacial score (nSPS) is 11.6. The Morgan fingerprint density at radius 1 is 0.630 bits per heavy atom. The molecule has 0 heterocycles. The van der Waals surface area contributed by atoms with Gasteiger partial charge in [-0.1, -0.05) is 0 Å². The van der Waals surface area contributed by atoms with Crippen molar-refractivity contribution >= 4 is 11.9 Å². The third-order valence-corrected chi connectivity index (χ3v) is 1.25. The summed E-state index contributed by atoms with van der Waals surface area (Å²) in [5.74, 6) is -1.35. The molecule has 0 aromatic rings. The first-order valence-corrected chi connectivity index (χ1v) is 8.33. The van der Waals surface area contributed by atoms with Gasteiger partial charge in [0.1, 0.15) is 0 Å². The Morgan fingerprint density at radius 3 is 0.815 bits per heavy atom. The molecule has 0 saturated heterocycles. The summed E-state index contributed by atoms with van der Waals surface area (Å²) in [6.45, 7) is 19.9. The van der Waals surface area contributed by atoms with Crippen LogP contribution >= 0.6 is 0 Å². The summed E-state index contributed by atoms with van der Waals surface area (Å²) in [4.78, 5) is 20.8. The van der Waals surface area contributed by atoms with E-state index in [0.29, 0.717) is 0 Å². The average Bonchev–Trinajstić information content (AvgIpc) is 2.36. The number of hydrogen-bond donors (Lipinski definition) is 4. The molecule has 2 atom stereocenters. The van der Waals surface area contributed by atoms with E-state index in [1.807, 2.05) is 0 Å². The number of ether oxygens (including phenoxy) is 2. The van der Waals surface area contributed by atoms with Crippen LogP contribution in [-0.4, -0.2) is 69.0 Å². The smallest absolute Gasteiger partial charge is 0.463 e. The Bertz CT molecular complexity index is 292. The quantitative estimate of drug-likeness (QED) is 0.295. The van der Waals surface area contributed by atoms with Gasteiger partial charge in [0, 0.05) is 24.4 Å². The maximum Gasteiger partial charge on any atom is 2.00 e. The Hall–Kier alpha value is -0.506. The van der Waals surface area contributed by atoms with Crippen LogP contribution in [0.3, 0.4) is 0 Å².